The lowest BCUT2D eigenvalue weighted by molar-refractivity contribution is -0.143. The van der Waals surface area contributed by atoms with E-state index in [4.69, 9.17) is 4.74 Å². The monoisotopic (exact) mass is 306 g/mol. The molecule has 1 amide bonds. The number of fused-ring (bicyclic) bond motifs is 1. The third kappa shape index (κ3) is 3.58. The van der Waals surface area contributed by atoms with E-state index in [-0.39, 0.29) is 18.4 Å². The predicted octanol–water partition coefficient (Wildman–Crippen LogP) is 2.41. The van der Waals surface area contributed by atoms with Crippen molar-refractivity contribution in [3.05, 3.63) is 28.6 Å². The summed E-state index contributed by atoms with van der Waals surface area (Å²) in [5, 5.41) is 0. The Kier molecular flexibility index (Phi) is 4.90. The number of hydrogen-bond acceptors (Lipinski definition) is 4. The maximum absolute atomic E-state index is 11.8. The Bertz CT molecular complexity index is 743. The summed E-state index contributed by atoms with van der Waals surface area (Å²) in [4.78, 5) is 28.0. The molecular formula is C15H18N2O3S. The van der Waals surface area contributed by atoms with E-state index >= 15 is 0 Å². The van der Waals surface area contributed by atoms with Crippen LogP contribution >= 0.6 is 11.3 Å². The van der Waals surface area contributed by atoms with Crippen LogP contribution in [0.3, 0.4) is 0 Å². The number of esters is 1. The fourth-order valence-corrected chi connectivity index (χ4v) is 3.08. The first-order valence-corrected chi connectivity index (χ1v) is 7.70. The average molecular weight is 306 g/mol. The molecule has 0 bridgehead atoms. The van der Waals surface area contributed by atoms with Crippen LogP contribution in [0, 0.1) is 6.92 Å². The fourth-order valence-electron chi connectivity index (χ4n) is 1.94. The van der Waals surface area contributed by atoms with Crippen LogP contribution in [-0.4, -0.2) is 23.1 Å². The minimum absolute atomic E-state index is 0.0622. The van der Waals surface area contributed by atoms with Crippen LogP contribution in [0.4, 0.5) is 0 Å². The van der Waals surface area contributed by atoms with Crippen LogP contribution < -0.4 is 4.80 Å². The van der Waals surface area contributed by atoms with Crippen LogP contribution in [0.1, 0.15) is 25.8 Å². The van der Waals surface area contributed by atoms with Gasteiger partial charge in [0.1, 0.15) is 6.54 Å². The van der Waals surface area contributed by atoms with Crippen molar-refractivity contribution in [2.45, 2.75) is 33.7 Å². The molecule has 0 aliphatic heterocycles. The van der Waals surface area contributed by atoms with Crippen LogP contribution in [-0.2, 0) is 20.9 Å². The molecule has 2 rings (SSSR count). The van der Waals surface area contributed by atoms with Gasteiger partial charge in [-0.15, -0.1) is 0 Å². The highest BCUT2D eigenvalue weighted by molar-refractivity contribution is 7.16. The van der Waals surface area contributed by atoms with Crippen molar-refractivity contribution in [2.24, 2.45) is 4.99 Å². The minimum Gasteiger partial charge on any atom is -0.465 e. The van der Waals surface area contributed by atoms with Gasteiger partial charge in [0.05, 0.1) is 16.8 Å². The van der Waals surface area contributed by atoms with Gasteiger partial charge in [0.2, 0.25) is 5.91 Å². The average Bonchev–Trinajstić information content (AvgIpc) is 2.75. The zero-order valence-corrected chi connectivity index (χ0v) is 13.2. The fraction of sp³-hybridized carbons (Fsp3) is 0.400. The van der Waals surface area contributed by atoms with Crippen LogP contribution in [0.5, 0.6) is 0 Å². The number of benzene rings is 1. The lowest BCUT2D eigenvalue weighted by Gasteiger charge is -2.05. The van der Waals surface area contributed by atoms with Crippen molar-refractivity contribution >= 4 is 33.4 Å². The Balaban J connectivity index is 2.57. The molecule has 0 spiro atoms. The lowest BCUT2D eigenvalue weighted by Crippen LogP contribution is -2.23. The lowest BCUT2D eigenvalue weighted by atomic mass is 10.2. The van der Waals surface area contributed by atoms with Crippen LogP contribution in [0.25, 0.3) is 10.2 Å². The van der Waals surface area contributed by atoms with E-state index in [1.807, 2.05) is 25.1 Å². The van der Waals surface area contributed by atoms with Gasteiger partial charge in [-0.3, -0.25) is 9.59 Å². The highest BCUT2D eigenvalue weighted by atomic mass is 32.1. The van der Waals surface area contributed by atoms with Gasteiger partial charge in [-0.25, -0.2) is 0 Å². The van der Waals surface area contributed by atoms with Gasteiger partial charge in [-0.1, -0.05) is 24.3 Å². The van der Waals surface area contributed by atoms with Crippen LogP contribution in [0.2, 0.25) is 0 Å². The number of rotatable bonds is 4. The summed E-state index contributed by atoms with van der Waals surface area (Å²) in [5.41, 5.74) is 2.02. The first-order chi connectivity index (χ1) is 10.0. The molecule has 112 valence electrons. The van der Waals surface area contributed by atoms with Crippen molar-refractivity contribution in [3.63, 3.8) is 0 Å². The molecule has 2 aromatic rings. The molecule has 0 radical (unpaired) electrons. The maximum Gasteiger partial charge on any atom is 0.326 e. The molecule has 0 N–H and O–H groups in total. The number of thiazole rings is 1. The quantitative estimate of drug-likeness (QED) is 0.815. The van der Waals surface area contributed by atoms with Gasteiger partial charge < -0.3 is 9.30 Å². The van der Waals surface area contributed by atoms with Gasteiger partial charge in [0.15, 0.2) is 4.80 Å². The van der Waals surface area contributed by atoms with Gasteiger partial charge in [0.25, 0.3) is 0 Å². The van der Waals surface area contributed by atoms with Gasteiger partial charge >= 0.3 is 5.97 Å². The summed E-state index contributed by atoms with van der Waals surface area (Å²) in [5.74, 6) is -0.529. The zero-order valence-electron chi connectivity index (χ0n) is 12.4. The van der Waals surface area contributed by atoms with Gasteiger partial charge in [0, 0.05) is 6.42 Å². The topological polar surface area (TPSA) is 60.7 Å². The molecule has 0 aliphatic carbocycles. The van der Waals surface area contributed by atoms with Crippen molar-refractivity contribution in [3.8, 4) is 0 Å². The summed E-state index contributed by atoms with van der Waals surface area (Å²) in [6.07, 6.45) is 0.340. The van der Waals surface area contributed by atoms with Gasteiger partial charge in [-0.2, -0.15) is 4.99 Å². The second kappa shape index (κ2) is 6.67. The highest BCUT2D eigenvalue weighted by Crippen LogP contribution is 2.19. The Morgan fingerprint density at radius 2 is 2.10 bits per heavy atom. The van der Waals surface area contributed by atoms with Crippen LogP contribution in [0.15, 0.2) is 23.2 Å². The summed E-state index contributed by atoms with van der Waals surface area (Å²) >= 11 is 1.41. The van der Waals surface area contributed by atoms with E-state index in [9.17, 15) is 9.59 Å². The molecule has 1 aromatic heterocycles. The summed E-state index contributed by atoms with van der Waals surface area (Å²) in [6, 6.07) is 5.94. The molecule has 0 fully saturated rings. The minimum atomic E-state index is -0.330. The summed E-state index contributed by atoms with van der Waals surface area (Å²) < 4.78 is 7.74. The van der Waals surface area contributed by atoms with Crippen molar-refractivity contribution in [1.29, 1.82) is 0 Å². The van der Waals surface area contributed by atoms with E-state index < -0.39 is 0 Å². The van der Waals surface area contributed by atoms with Crippen molar-refractivity contribution < 1.29 is 14.3 Å². The molecule has 0 aliphatic rings. The number of carbonyl (C=O) groups excluding carboxylic acids is 2. The molecule has 0 unspecified atom stereocenters. The molecule has 1 aromatic carbocycles. The number of nitrogens with zero attached hydrogens (tertiary/aromatic N) is 2. The van der Waals surface area contributed by atoms with E-state index in [0.29, 0.717) is 17.8 Å². The first kappa shape index (κ1) is 15.4. The third-order valence-electron chi connectivity index (χ3n) is 2.95. The molecule has 0 atom stereocenters. The predicted molar refractivity (Wildman–Crippen MR) is 82.0 cm³/mol. The number of amides is 1. The van der Waals surface area contributed by atoms with E-state index in [0.717, 1.165) is 15.8 Å². The Morgan fingerprint density at radius 1 is 1.33 bits per heavy atom. The van der Waals surface area contributed by atoms with Crippen molar-refractivity contribution in [1.82, 2.24) is 4.57 Å². The first-order valence-electron chi connectivity index (χ1n) is 6.88. The Morgan fingerprint density at radius 3 is 2.76 bits per heavy atom. The zero-order chi connectivity index (χ0) is 15.4. The molecule has 0 saturated carbocycles. The number of ether oxygens (including phenoxy) is 1. The second-order valence-electron chi connectivity index (χ2n) is 4.61. The number of hydrogen-bond donors (Lipinski definition) is 0. The molecule has 0 saturated heterocycles. The SMILES string of the molecule is CCOC(=O)Cn1c(=NC(=O)CC)sc2cc(C)ccc21. The van der Waals surface area contributed by atoms with Gasteiger partial charge in [-0.05, 0) is 31.5 Å². The molecule has 21 heavy (non-hydrogen) atoms. The molecule has 1 heterocycles. The number of aryl methyl sites for hydroxylation is 1. The number of aromatic nitrogens is 1. The maximum atomic E-state index is 11.8. The summed E-state index contributed by atoms with van der Waals surface area (Å²) in [7, 11) is 0. The Labute approximate surface area is 126 Å². The highest BCUT2D eigenvalue weighted by Gasteiger charge is 2.11. The normalized spacial score (nSPS) is 11.9. The smallest absolute Gasteiger partial charge is 0.326 e. The molecule has 6 heteroatoms. The molecule has 5 nitrogen and oxygen atoms in total. The molecular weight excluding hydrogens is 288 g/mol. The summed E-state index contributed by atoms with van der Waals surface area (Å²) in [6.45, 7) is 5.93. The largest absolute Gasteiger partial charge is 0.465 e. The standard InChI is InChI=1S/C15H18N2O3S/c1-4-13(18)16-15-17(9-14(19)20-5-2)11-7-6-10(3)8-12(11)21-15/h6-8H,4-5,9H2,1-3H3. The Hall–Kier alpha value is -1.95. The third-order valence-corrected chi connectivity index (χ3v) is 3.99. The van der Waals surface area contributed by atoms with E-state index in [2.05, 4.69) is 4.99 Å². The second-order valence-corrected chi connectivity index (χ2v) is 5.62. The van der Waals surface area contributed by atoms with Crippen molar-refractivity contribution in [2.75, 3.05) is 6.61 Å². The van der Waals surface area contributed by atoms with E-state index in [1.165, 1.54) is 11.3 Å². The number of carbonyl (C=O) groups is 2. The van der Waals surface area contributed by atoms with E-state index in [1.54, 1.807) is 18.4 Å².